The van der Waals surface area contributed by atoms with Crippen LogP contribution in [-0.4, -0.2) is 150 Å². The van der Waals surface area contributed by atoms with E-state index < -0.39 is 30.1 Å². The molecule has 3 heterocycles. The number of hydrogen-bond donors (Lipinski definition) is 1. The minimum atomic E-state index is -0.606. The number of likely N-dealkylation sites (N-methyl/N-ethyl adjacent to an activating group) is 2. The number of methoxy groups -OCH3 is 2. The summed E-state index contributed by atoms with van der Waals surface area (Å²) in [6.07, 6.45) is 10.3. The number of unbranched alkanes of at least 4 members (excludes halogenated alkanes) is 2. The first-order valence-corrected chi connectivity index (χ1v) is 25.6. The van der Waals surface area contributed by atoms with Crippen molar-refractivity contribution >= 4 is 41.0 Å². The summed E-state index contributed by atoms with van der Waals surface area (Å²) in [5, 5.41) is 10.5. The number of likely N-dealkylation sites (tertiary alicyclic amines) is 2. The molecule has 378 valence electrons. The summed E-state index contributed by atoms with van der Waals surface area (Å²) in [6.45, 7) is 10.6. The highest BCUT2D eigenvalue weighted by Crippen LogP contribution is 2.43. The zero-order valence-corrected chi connectivity index (χ0v) is 42.5. The molecule has 68 heavy (non-hydrogen) atoms. The van der Waals surface area contributed by atoms with E-state index in [1.54, 1.807) is 26.2 Å². The van der Waals surface area contributed by atoms with E-state index in [1.807, 2.05) is 57.0 Å². The number of nitrogens with zero attached hydrogens (tertiary/aromatic N) is 4. The average molecular weight is 947 g/mol. The van der Waals surface area contributed by atoms with Crippen molar-refractivity contribution in [1.82, 2.24) is 19.6 Å². The molecule has 0 radical (unpaired) electrons. The molecule has 1 aromatic carbocycles. The van der Waals surface area contributed by atoms with Gasteiger partial charge >= 0.3 is 0 Å². The first kappa shape index (κ1) is 54.8. The third-order valence-electron chi connectivity index (χ3n) is 16.0. The molecular weight excluding hydrogens is 865 g/mol. The Kier molecular flexibility index (Phi) is 20.7. The number of ether oxygens (including phenoxy) is 2. The lowest BCUT2D eigenvalue weighted by Gasteiger charge is -2.41. The highest BCUT2D eigenvalue weighted by Gasteiger charge is 2.48. The van der Waals surface area contributed by atoms with Crippen LogP contribution in [0, 0.1) is 35.5 Å². The van der Waals surface area contributed by atoms with Crippen molar-refractivity contribution in [2.45, 2.75) is 167 Å². The normalized spacial score (nSPS) is 23.5. The van der Waals surface area contributed by atoms with Crippen molar-refractivity contribution in [1.29, 1.82) is 0 Å². The summed E-state index contributed by atoms with van der Waals surface area (Å²) in [6, 6.07) is 7.26. The van der Waals surface area contributed by atoms with Crippen molar-refractivity contribution in [3.63, 3.8) is 0 Å². The van der Waals surface area contributed by atoms with Gasteiger partial charge in [0.15, 0.2) is 5.78 Å². The highest BCUT2D eigenvalue weighted by atomic mass is 16.5. The predicted octanol–water partition coefficient (Wildman–Crippen LogP) is 6.03. The number of Topliss-reactive ketones (excluding diaryl/α,β-unsaturated/α-hetero) is 3. The van der Waals surface area contributed by atoms with Crippen molar-refractivity contribution in [3.05, 3.63) is 47.5 Å². The number of aliphatic hydroxyl groups excluding tert-OH is 1. The molecule has 4 aliphatic rings. The monoisotopic (exact) mass is 947 g/mol. The molecule has 1 aromatic rings. The van der Waals surface area contributed by atoms with E-state index in [1.165, 1.54) is 17.1 Å². The molecule has 1 saturated carbocycles. The van der Waals surface area contributed by atoms with E-state index in [0.29, 0.717) is 57.2 Å². The summed E-state index contributed by atoms with van der Waals surface area (Å²) < 4.78 is 12.2. The van der Waals surface area contributed by atoms with E-state index in [-0.39, 0.29) is 103 Å². The molecule has 3 aliphatic heterocycles. The minimum Gasteiger partial charge on any atom is -0.396 e. The average Bonchev–Trinajstić information content (AvgIpc) is 4.13. The van der Waals surface area contributed by atoms with Crippen LogP contribution in [0.4, 0.5) is 0 Å². The maximum Gasteiger partial charge on any atom is 0.253 e. The second-order valence-electron chi connectivity index (χ2n) is 20.9. The number of ketones is 3. The third kappa shape index (κ3) is 13.6. The summed E-state index contributed by atoms with van der Waals surface area (Å²) in [4.78, 5) is 100. The molecule has 1 aliphatic carbocycles. The molecule has 3 fully saturated rings. The van der Waals surface area contributed by atoms with Crippen LogP contribution in [0.25, 0.3) is 0 Å². The Morgan fingerprint density at radius 1 is 0.897 bits per heavy atom. The lowest BCUT2D eigenvalue weighted by Crippen LogP contribution is -2.54. The number of benzene rings is 1. The standard InChI is InChI=1S/C54H82N4O10/c1-10-35(4)51(56(7)54(66)43(34(2)3)31-46(62)52-40-20-21-41(30-40)55(52)6)47(67-8)32-50(65)57-25-15-19-44(57)53(68-9)36(5)45(61)29-39(33-59)27-37-16-14-17-38(26-37)28-42(60)18-12-11-13-24-58-48(63)22-23-49(58)64/h14,16-17,22-23,26,34-36,39-41,43-44,47,51-53,59H,10-13,15,18-21,24-25,27-33H2,1-9H3/t35-,36-,39+,40-,41+,43-,44-,47+,51-,52-,53+/m0/s1. The number of carbonyl (C=O) groups is 7. The summed E-state index contributed by atoms with van der Waals surface area (Å²) in [5.74, 6) is -1.72. The van der Waals surface area contributed by atoms with E-state index in [9.17, 15) is 38.7 Å². The van der Waals surface area contributed by atoms with Gasteiger partial charge in [-0.05, 0) is 93.2 Å². The fraction of sp³-hybridized carbons (Fsp3) is 0.722. The van der Waals surface area contributed by atoms with Gasteiger partial charge in [-0.3, -0.25) is 43.4 Å². The van der Waals surface area contributed by atoms with Gasteiger partial charge in [0.1, 0.15) is 11.6 Å². The first-order chi connectivity index (χ1) is 32.4. The van der Waals surface area contributed by atoms with Crippen molar-refractivity contribution in [2.75, 3.05) is 48.0 Å². The summed E-state index contributed by atoms with van der Waals surface area (Å²) in [7, 11) is 7.00. The number of carbonyl (C=O) groups excluding carboxylic acids is 7. The minimum absolute atomic E-state index is 0.000903. The topological polar surface area (TPSA) is 171 Å². The fourth-order valence-electron chi connectivity index (χ4n) is 11.9. The van der Waals surface area contributed by atoms with Crippen LogP contribution in [0.1, 0.15) is 129 Å². The van der Waals surface area contributed by atoms with Gasteiger partial charge in [0, 0.05) is 96.7 Å². The van der Waals surface area contributed by atoms with E-state index in [4.69, 9.17) is 9.47 Å². The van der Waals surface area contributed by atoms with Crippen LogP contribution in [0.15, 0.2) is 36.4 Å². The molecule has 11 atom stereocenters. The van der Waals surface area contributed by atoms with E-state index in [0.717, 1.165) is 49.7 Å². The number of fused-ring (bicyclic) bond motifs is 2. The Hall–Kier alpha value is -4.11. The van der Waals surface area contributed by atoms with Crippen LogP contribution < -0.4 is 0 Å². The van der Waals surface area contributed by atoms with Crippen molar-refractivity contribution in [3.8, 4) is 0 Å². The molecule has 2 bridgehead atoms. The number of piperidine rings is 1. The largest absolute Gasteiger partial charge is 0.396 e. The number of rotatable bonds is 29. The Bertz CT molecular complexity index is 1930. The van der Waals surface area contributed by atoms with Gasteiger partial charge < -0.3 is 24.4 Å². The molecule has 0 aromatic heterocycles. The van der Waals surface area contributed by atoms with Gasteiger partial charge in [-0.2, -0.15) is 0 Å². The van der Waals surface area contributed by atoms with Crippen LogP contribution in [-0.2, 0) is 55.9 Å². The number of imide groups is 1. The van der Waals surface area contributed by atoms with Crippen molar-refractivity contribution in [2.24, 2.45) is 35.5 Å². The van der Waals surface area contributed by atoms with E-state index >= 15 is 0 Å². The molecule has 0 spiro atoms. The van der Waals surface area contributed by atoms with Crippen molar-refractivity contribution < 1.29 is 48.1 Å². The van der Waals surface area contributed by atoms with Gasteiger partial charge in [-0.25, -0.2) is 0 Å². The van der Waals surface area contributed by atoms with Gasteiger partial charge in [0.25, 0.3) is 11.8 Å². The smallest absolute Gasteiger partial charge is 0.253 e. The number of amides is 4. The molecular formula is C54H82N4O10. The zero-order valence-electron chi connectivity index (χ0n) is 42.5. The molecule has 2 saturated heterocycles. The second-order valence-corrected chi connectivity index (χ2v) is 20.9. The summed E-state index contributed by atoms with van der Waals surface area (Å²) in [5.41, 5.74) is 1.79. The molecule has 5 rings (SSSR count). The van der Waals surface area contributed by atoms with Gasteiger partial charge in [-0.1, -0.05) is 71.7 Å². The second kappa shape index (κ2) is 25.7. The first-order valence-electron chi connectivity index (χ1n) is 25.6. The van der Waals surface area contributed by atoms with E-state index in [2.05, 4.69) is 18.7 Å². The third-order valence-corrected chi connectivity index (χ3v) is 16.0. The Balaban J connectivity index is 1.15. The number of aliphatic hydroxyl groups is 1. The maximum atomic E-state index is 14.5. The van der Waals surface area contributed by atoms with Crippen LogP contribution in [0.5, 0.6) is 0 Å². The molecule has 1 N–H and O–H groups in total. The number of hydrogen-bond acceptors (Lipinski definition) is 11. The lowest BCUT2D eigenvalue weighted by molar-refractivity contribution is -0.149. The molecule has 0 unspecified atom stereocenters. The quantitative estimate of drug-likeness (QED) is 0.0735. The highest BCUT2D eigenvalue weighted by molar-refractivity contribution is 6.12. The molecule has 14 heteroatoms. The molecule has 14 nitrogen and oxygen atoms in total. The maximum absolute atomic E-state index is 14.5. The predicted molar refractivity (Wildman–Crippen MR) is 260 cm³/mol. The van der Waals surface area contributed by atoms with Gasteiger partial charge in [0.2, 0.25) is 11.8 Å². The Morgan fingerprint density at radius 2 is 1.60 bits per heavy atom. The summed E-state index contributed by atoms with van der Waals surface area (Å²) >= 11 is 0. The molecule has 4 amide bonds. The fourth-order valence-corrected chi connectivity index (χ4v) is 11.9. The van der Waals surface area contributed by atoms with Crippen LogP contribution in [0.3, 0.4) is 0 Å². The Labute approximate surface area is 405 Å². The zero-order chi connectivity index (χ0) is 49.8. The van der Waals surface area contributed by atoms with Gasteiger partial charge in [-0.15, -0.1) is 0 Å². The van der Waals surface area contributed by atoms with Gasteiger partial charge in [0.05, 0.1) is 36.8 Å². The van der Waals surface area contributed by atoms with Crippen LogP contribution in [0.2, 0.25) is 0 Å². The SMILES string of the molecule is CC[C@H](C)[C@@H]([C@@H](CC(=O)N1CCC[C@H]1[C@H](OC)[C@@H](C)C(=O)C[C@H](CO)Cc1cccc(CC(=O)CCCCCN2C(=O)C=CC2=O)c1)OC)N(C)C(=O)[C@@H](CC(=O)[C@@H]1[C@H]2CC[C@H](C2)N1C)C(C)C. The van der Waals surface area contributed by atoms with Crippen LogP contribution >= 0.6 is 0 Å². The lowest BCUT2D eigenvalue weighted by atomic mass is 9.83. The Morgan fingerprint density at radius 3 is 2.22 bits per heavy atom.